The van der Waals surface area contributed by atoms with Crippen molar-refractivity contribution in [1.82, 2.24) is 0 Å². The van der Waals surface area contributed by atoms with E-state index in [0.29, 0.717) is 18.1 Å². The summed E-state index contributed by atoms with van der Waals surface area (Å²) in [5.74, 6) is 2.28. The van der Waals surface area contributed by atoms with Crippen molar-refractivity contribution in [3.8, 4) is 5.75 Å². The van der Waals surface area contributed by atoms with Gasteiger partial charge in [0.2, 0.25) is 0 Å². The SMILES string of the molecule is OCCSc1ccccc1OCCS. The van der Waals surface area contributed by atoms with Gasteiger partial charge in [-0.2, -0.15) is 12.6 Å². The predicted octanol–water partition coefficient (Wildman–Crippen LogP) is 2.08. The Morgan fingerprint density at radius 1 is 1.36 bits per heavy atom. The Balaban J connectivity index is 2.60. The Morgan fingerprint density at radius 3 is 2.86 bits per heavy atom. The van der Waals surface area contributed by atoms with Gasteiger partial charge < -0.3 is 9.84 Å². The highest BCUT2D eigenvalue weighted by Gasteiger charge is 2.02. The van der Waals surface area contributed by atoms with Crippen LogP contribution in [-0.2, 0) is 0 Å². The second-order valence-corrected chi connectivity index (χ2v) is 4.17. The Bertz CT molecular complexity index is 239. The molecule has 1 aromatic carbocycles. The van der Waals surface area contributed by atoms with Crippen LogP contribution in [0.2, 0.25) is 0 Å². The maximum Gasteiger partial charge on any atom is 0.132 e. The van der Waals surface area contributed by atoms with Crippen LogP contribution in [-0.4, -0.2) is 29.8 Å². The molecule has 0 amide bonds. The fraction of sp³-hybridized carbons (Fsp3) is 0.400. The third-order valence-electron chi connectivity index (χ3n) is 1.55. The average Bonchev–Trinajstić information content (AvgIpc) is 2.24. The molecule has 0 aliphatic rings. The predicted molar refractivity (Wildman–Crippen MR) is 63.6 cm³/mol. The van der Waals surface area contributed by atoms with Gasteiger partial charge in [0.25, 0.3) is 0 Å². The number of hydrogen-bond donors (Lipinski definition) is 2. The highest BCUT2D eigenvalue weighted by molar-refractivity contribution is 7.99. The number of hydrogen-bond acceptors (Lipinski definition) is 4. The van der Waals surface area contributed by atoms with Crippen molar-refractivity contribution >= 4 is 24.4 Å². The maximum absolute atomic E-state index is 8.72. The van der Waals surface area contributed by atoms with E-state index in [2.05, 4.69) is 12.6 Å². The summed E-state index contributed by atoms with van der Waals surface area (Å²) in [6, 6.07) is 7.83. The number of thiol groups is 1. The van der Waals surface area contributed by atoms with Gasteiger partial charge in [-0.3, -0.25) is 0 Å². The van der Waals surface area contributed by atoms with Crippen LogP contribution in [0.3, 0.4) is 0 Å². The van der Waals surface area contributed by atoms with Crippen LogP contribution in [0.25, 0.3) is 0 Å². The molecule has 0 aromatic heterocycles. The van der Waals surface area contributed by atoms with E-state index in [1.807, 2.05) is 24.3 Å². The number of thioether (sulfide) groups is 1. The molecule has 4 heteroatoms. The number of para-hydroxylation sites is 1. The number of aliphatic hydroxyl groups excluding tert-OH is 1. The number of aliphatic hydroxyl groups is 1. The quantitative estimate of drug-likeness (QED) is 0.579. The molecule has 0 saturated carbocycles. The van der Waals surface area contributed by atoms with Crippen LogP contribution in [0, 0.1) is 0 Å². The summed E-state index contributed by atoms with van der Waals surface area (Å²) in [6.07, 6.45) is 0. The monoisotopic (exact) mass is 230 g/mol. The summed E-state index contributed by atoms with van der Waals surface area (Å²) in [5.41, 5.74) is 0. The lowest BCUT2D eigenvalue weighted by Crippen LogP contribution is -1.99. The van der Waals surface area contributed by atoms with E-state index in [-0.39, 0.29) is 6.61 Å². The summed E-state index contributed by atoms with van der Waals surface area (Å²) in [6.45, 7) is 0.797. The lowest BCUT2D eigenvalue weighted by Gasteiger charge is -2.09. The largest absolute Gasteiger partial charge is 0.492 e. The average molecular weight is 230 g/mol. The van der Waals surface area contributed by atoms with E-state index in [0.717, 1.165) is 10.6 Å². The van der Waals surface area contributed by atoms with Gasteiger partial charge in [0.05, 0.1) is 13.2 Å². The molecule has 0 atom stereocenters. The molecule has 0 unspecified atom stereocenters. The highest BCUT2D eigenvalue weighted by Crippen LogP contribution is 2.28. The fourth-order valence-electron chi connectivity index (χ4n) is 1.000. The van der Waals surface area contributed by atoms with E-state index in [4.69, 9.17) is 9.84 Å². The highest BCUT2D eigenvalue weighted by atomic mass is 32.2. The molecule has 1 N–H and O–H groups in total. The molecular formula is C10H14O2S2. The molecule has 1 aromatic rings. The van der Waals surface area contributed by atoms with Crippen molar-refractivity contribution in [3.63, 3.8) is 0 Å². The first-order valence-electron chi connectivity index (χ1n) is 4.45. The van der Waals surface area contributed by atoms with Crippen molar-refractivity contribution in [2.75, 3.05) is 24.7 Å². The molecule has 0 fully saturated rings. The Kier molecular flexibility index (Phi) is 5.91. The fourth-order valence-corrected chi connectivity index (χ4v) is 1.85. The lowest BCUT2D eigenvalue weighted by molar-refractivity contribution is 0.322. The van der Waals surface area contributed by atoms with Crippen LogP contribution in [0.1, 0.15) is 0 Å². The van der Waals surface area contributed by atoms with Gasteiger partial charge in [-0.15, -0.1) is 11.8 Å². The second kappa shape index (κ2) is 7.04. The summed E-state index contributed by atoms with van der Waals surface area (Å²) >= 11 is 5.68. The van der Waals surface area contributed by atoms with Crippen molar-refractivity contribution in [1.29, 1.82) is 0 Å². The summed E-state index contributed by atoms with van der Waals surface area (Å²) < 4.78 is 5.50. The summed E-state index contributed by atoms with van der Waals surface area (Å²) in [4.78, 5) is 1.07. The van der Waals surface area contributed by atoms with Gasteiger partial charge in [-0.1, -0.05) is 12.1 Å². The maximum atomic E-state index is 8.72. The smallest absolute Gasteiger partial charge is 0.132 e. The van der Waals surface area contributed by atoms with E-state index < -0.39 is 0 Å². The third-order valence-corrected chi connectivity index (χ3v) is 2.76. The first-order chi connectivity index (χ1) is 6.88. The molecule has 0 bridgehead atoms. The van der Waals surface area contributed by atoms with Crippen molar-refractivity contribution in [3.05, 3.63) is 24.3 Å². The standard InChI is InChI=1S/C10H14O2S2/c11-5-8-14-10-4-2-1-3-9(10)12-6-7-13/h1-4,11,13H,5-8H2. The van der Waals surface area contributed by atoms with Gasteiger partial charge in [0.1, 0.15) is 5.75 Å². The molecule has 0 aliphatic carbocycles. The van der Waals surface area contributed by atoms with Crippen molar-refractivity contribution < 1.29 is 9.84 Å². The molecule has 0 aliphatic heterocycles. The zero-order valence-electron chi connectivity index (χ0n) is 7.85. The zero-order chi connectivity index (χ0) is 10.2. The Labute approximate surface area is 94.1 Å². The topological polar surface area (TPSA) is 29.5 Å². The third kappa shape index (κ3) is 3.82. The molecule has 14 heavy (non-hydrogen) atoms. The molecule has 0 heterocycles. The molecule has 2 nitrogen and oxygen atoms in total. The molecule has 0 spiro atoms. The Hall–Kier alpha value is -0.320. The molecule has 0 radical (unpaired) electrons. The van der Waals surface area contributed by atoms with Gasteiger partial charge >= 0.3 is 0 Å². The first-order valence-corrected chi connectivity index (χ1v) is 6.06. The van der Waals surface area contributed by atoms with Crippen LogP contribution < -0.4 is 4.74 Å². The number of benzene rings is 1. The van der Waals surface area contributed by atoms with Gasteiger partial charge in [0.15, 0.2) is 0 Å². The minimum atomic E-state index is 0.186. The lowest BCUT2D eigenvalue weighted by atomic mass is 10.3. The number of ether oxygens (including phenoxy) is 1. The van der Waals surface area contributed by atoms with Crippen LogP contribution in [0.15, 0.2) is 29.2 Å². The normalized spacial score (nSPS) is 10.1. The van der Waals surface area contributed by atoms with Crippen molar-refractivity contribution in [2.45, 2.75) is 4.90 Å². The second-order valence-electron chi connectivity index (χ2n) is 2.59. The summed E-state index contributed by atoms with van der Waals surface area (Å²) in [5, 5.41) is 8.72. The molecule has 1 rings (SSSR count). The Morgan fingerprint density at radius 2 is 2.14 bits per heavy atom. The van der Waals surface area contributed by atoms with Gasteiger partial charge in [0, 0.05) is 16.4 Å². The number of rotatable bonds is 6. The minimum absolute atomic E-state index is 0.186. The van der Waals surface area contributed by atoms with Crippen molar-refractivity contribution in [2.24, 2.45) is 0 Å². The van der Waals surface area contributed by atoms with E-state index in [1.54, 1.807) is 11.8 Å². The minimum Gasteiger partial charge on any atom is -0.492 e. The molecular weight excluding hydrogens is 216 g/mol. The molecule has 0 saturated heterocycles. The van der Waals surface area contributed by atoms with Crippen LogP contribution in [0.5, 0.6) is 5.75 Å². The van der Waals surface area contributed by atoms with Gasteiger partial charge in [-0.25, -0.2) is 0 Å². The van der Waals surface area contributed by atoms with E-state index >= 15 is 0 Å². The van der Waals surface area contributed by atoms with Crippen LogP contribution >= 0.6 is 24.4 Å². The van der Waals surface area contributed by atoms with Gasteiger partial charge in [-0.05, 0) is 12.1 Å². The molecule has 78 valence electrons. The first kappa shape index (κ1) is 11.8. The zero-order valence-corrected chi connectivity index (χ0v) is 9.56. The van der Waals surface area contributed by atoms with E-state index in [1.165, 1.54) is 0 Å². The van der Waals surface area contributed by atoms with Crippen LogP contribution in [0.4, 0.5) is 0 Å². The summed E-state index contributed by atoms with van der Waals surface area (Å²) in [7, 11) is 0. The van der Waals surface area contributed by atoms with E-state index in [9.17, 15) is 0 Å².